The number of alkyl halides is 9. The van der Waals surface area contributed by atoms with E-state index in [9.17, 15) is 47.9 Å². The molecule has 0 saturated heterocycles. The number of nitrogens with zero attached hydrogens (tertiary/aromatic N) is 1. The van der Waals surface area contributed by atoms with Crippen LogP contribution in [-0.2, 0) is 10.0 Å². The van der Waals surface area contributed by atoms with Gasteiger partial charge in [0.15, 0.2) is 0 Å². The third-order valence-corrected chi connectivity index (χ3v) is 4.11. The third-order valence-electron chi connectivity index (χ3n) is 2.24. The van der Waals surface area contributed by atoms with E-state index in [0.717, 1.165) is 0 Å². The molecular formula is C8H8F9NO2S. The summed E-state index contributed by atoms with van der Waals surface area (Å²) in [4.78, 5) is 0. The number of rotatable bonds is 6. The van der Waals surface area contributed by atoms with Crippen molar-refractivity contribution in [3.63, 3.8) is 0 Å². The molecule has 0 radical (unpaired) electrons. The Morgan fingerprint density at radius 2 is 1.33 bits per heavy atom. The maximum Gasteiger partial charge on any atom is 0.460 e. The summed E-state index contributed by atoms with van der Waals surface area (Å²) in [7, 11) is -6.22. The minimum atomic E-state index is -7.26. The highest BCUT2D eigenvalue weighted by Gasteiger charge is 2.85. The molecule has 0 aliphatic rings. The number of hydrogen-bond acceptors (Lipinski definition) is 2. The van der Waals surface area contributed by atoms with Crippen molar-refractivity contribution in [1.29, 1.82) is 0 Å². The van der Waals surface area contributed by atoms with Crippen LogP contribution in [0.3, 0.4) is 0 Å². The van der Waals surface area contributed by atoms with Crippen molar-refractivity contribution >= 4 is 10.0 Å². The van der Waals surface area contributed by atoms with Gasteiger partial charge in [0.2, 0.25) is 0 Å². The lowest BCUT2D eigenvalue weighted by molar-refractivity contribution is -0.382. The van der Waals surface area contributed by atoms with Crippen LogP contribution in [0.1, 0.15) is 0 Å². The van der Waals surface area contributed by atoms with Gasteiger partial charge in [0.1, 0.15) is 0 Å². The molecule has 0 heterocycles. The Labute approximate surface area is 113 Å². The Morgan fingerprint density at radius 3 is 1.62 bits per heavy atom. The molecule has 0 bridgehead atoms. The molecule has 0 aromatic heterocycles. The topological polar surface area (TPSA) is 37.4 Å². The van der Waals surface area contributed by atoms with Crippen molar-refractivity contribution in [2.45, 2.75) is 23.3 Å². The molecule has 0 rings (SSSR count). The summed E-state index contributed by atoms with van der Waals surface area (Å²) < 4.78 is 134. The zero-order valence-corrected chi connectivity index (χ0v) is 10.9. The highest BCUT2D eigenvalue weighted by Crippen LogP contribution is 2.55. The molecule has 3 nitrogen and oxygen atoms in total. The summed E-state index contributed by atoms with van der Waals surface area (Å²) in [5.74, 6) is -14.5. The van der Waals surface area contributed by atoms with Gasteiger partial charge >= 0.3 is 23.3 Å². The Balaban J connectivity index is 6.07. The summed E-state index contributed by atoms with van der Waals surface area (Å²) >= 11 is 0. The van der Waals surface area contributed by atoms with Crippen LogP contribution in [-0.4, -0.2) is 49.6 Å². The normalized spacial score (nSPS) is 15.4. The quantitative estimate of drug-likeness (QED) is 0.544. The molecule has 0 aliphatic carbocycles. The first-order valence-electron chi connectivity index (χ1n) is 4.75. The fraction of sp³-hybridized carbons (Fsp3) is 0.750. The van der Waals surface area contributed by atoms with Crippen LogP contribution in [0.2, 0.25) is 0 Å². The zero-order chi connectivity index (χ0) is 17.5. The molecule has 0 fully saturated rings. The SMILES string of the molecule is C=CCN(C)S(=O)(=O)C(F)(F)C(F)(F)C(F)(F)C(F)(F)F. The summed E-state index contributed by atoms with van der Waals surface area (Å²) in [6.45, 7) is 1.87. The summed E-state index contributed by atoms with van der Waals surface area (Å²) in [5, 5.41) is -6.70. The second kappa shape index (κ2) is 5.34. The second-order valence-electron chi connectivity index (χ2n) is 3.74. The van der Waals surface area contributed by atoms with Gasteiger partial charge in [-0.25, -0.2) is 8.42 Å². The lowest BCUT2D eigenvalue weighted by Crippen LogP contribution is -2.65. The maximum atomic E-state index is 13.2. The molecule has 0 aromatic rings. The van der Waals surface area contributed by atoms with Gasteiger partial charge in [-0.3, -0.25) is 0 Å². The molecule has 0 amide bonds. The van der Waals surface area contributed by atoms with E-state index in [0.29, 0.717) is 6.08 Å². The number of sulfonamides is 1. The maximum absolute atomic E-state index is 13.2. The van der Waals surface area contributed by atoms with Crippen LogP contribution in [0.25, 0.3) is 0 Å². The van der Waals surface area contributed by atoms with Crippen molar-refractivity contribution < 1.29 is 47.9 Å². The number of likely N-dealkylation sites (N-methyl/N-ethyl adjacent to an activating group) is 1. The first-order valence-corrected chi connectivity index (χ1v) is 6.19. The fourth-order valence-corrected chi connectivity index (χ4v) is 2.14. The molecule has 0 saturated carbocycles. The predicted octanol–water partition coefficient (Wildman–Crippen LogP) is 2.86. The molecule has 21 heavy (non-hydrogen) atoms. The van der Waals surface area contributed by atoms with Gasteiger partial charge in [-0.15, -0.1) is 6.58 Å². The van der Waals surface area contributed by atoms with Gasteiger partial charge in [-0.2, -0.15) is 43.8 Å². The third kappa shape index (κ3) is 2.84. The van der Waals surface area contributed by atoms with E-state index in [2.05, 4.69) is 6.58 Å². The number of hydrogen-bond donors (Lipinski definition) is 0. The van der Waals surface area contributed by atoms with Crippen LogP contribution in [0.5, 0.6) is 0 Å². The average molecular weight is 353 g/mol. The molecule has 0 atom stereocenters. The molecule has 0 N–H and O–H groups in total. The van der Waals surface area contributed by atoms with Gasteiger partial charge in [-0.1, -0.05) is 6.08 Å². The summed E-state index contributed by atoms with van der Waals surface area (Å²) in [6, 6.07) is 0. The summed E-state index contributed by atoms with van der Waals surface area (Å²) in [6.07, 6.45) is -6.44. The van der Waals surface area contributed by atoms with Gasteiger partial charge < -0.3 is 0 Å². The van der Waals surface area contributed by atoms with Crippen LogP contribution in [0, 0.1) is 0 Å². The largest absolute Gasteiger partial charge is 0.460 e. The molecule has 0 aromatic carbocycles. The van der Waals surface area contributed by atoms with Crippen molar-refractivity contribution in [2.24, 2.45) is 0 Å². The van der Waals surface area contributed by atoms with Gasteiger partial charge in [0, 0.05) is 13.6 Å². The van der Waals surface area contributed by atoms with Crippen molar-refractivity contribution in [2.75, 3.05) is 13.6 Å². The van der Waals surface area contributed by atoms with Crippen LogP contribution in [0.4, 0.5) is 39.5 Å². The van der Waals surface area contributed by atoms with E-state index < -0.39 is 44.1 Å². The number of halogens is 9. The lowest BCUT2D eigenvalue weighted by atomic mass is 10.1. The van der Waals surface area contributed by atoms with Crippen molar-refractivity contribution in [3.05, 3.63) is 12.7 Å². The molecule has 0 aliphatic heterocycles. The molecule has 126 valence electrons. The van der Waals surface area contributed by atoms with Gasteiger partial charge in [0.25, 0.3) is 10.0 Å². The minimum absolute atomic E-state index is 0.284. The highest BCUT2D eigenvalue weighted by molar-refractivity contribution is 7.90. The van der Waals surface area contributed by atoms with Gasteiger partial charge in [-0.05, 0) is 0 Å². The van der Waals surface area contributed by atoms with E-state index in [4.69, 9.17) is 0 Å². The lowest BCUT2D eigenvalue weighted by Gasteiger charge is -2.34. The average Bonchev–Trinajstić information content (AvgIpc) is 2.26. The standard InChI is InChI=1S/C8H8F9NO2S/c1-3-4-18(2)21(19,20)8(16,17)6(11,12)5(9,10)7(13,14)15/h3H,1,4H2,2H3. The Morgan fingerprint density at radius 1 is 0.952 bits per heavy atom. The monoisotopic (exact) mass is 353 g/mol. The predicted molar refractivity (Wildman–Crippen MR) is 52.6 cm³/mol. The van der Waals surface area contributed by atoms with E-state index in [1.807, 2.05) is 0 Å². The van der Waals surface area contributed by atoms with Crippen LogP contribution < -0.4 is 0 Å². The van der Waals surface area contributed by atoms with Crippen molar-refractivity contribution in [3.8, 4) is 0 Å². The van der Waals surface area contributed by atoms with Crippen LogP contribution in [0.15, 0.2) is 12.7 Å². The minimum Gasteiger partial charge on any atom is -0.206 e. The molecule has 13 heteroatoms. The highest BCUT2D eigenvalue weighted by atomic mass is 32.2. The fourth-order valence-electron chi connectivity index (χ4n) is 0.998. The smallest absolute Gasteiger partial charge is 0.206 e. The van der Waals surface area contributed by atoms with Gasteiger partial charge in [0.05, 0.1) is 0 Å². The van der Waals surface area contributed by atoms with Crippen LogP contribution >= 0.6 is 0 Å². The Kier molecular flexibility index (Phi) is 5.09. The van der Waals surface area contributed by atoms with E-state index in [1.54, 1.807) is 0 Å². The Hall–Kier alpha value is -0.980. The first kappa shape index (κ1) is 20.0. The van der Waals surface area contributed by atoms with E-state index in [-0.39, 0.29) is 7.05 Å². The summed E-state index contributed by atoms with van der Waals surface area (Å²) in [5.41, 5.74) is 0. The molecular weight excluding hydrogens is 345 g/mol. The Bertz CT molecular complexity index is 496. The molecule has 0 unspecified atom stereocenters. The first-order chi connectivity index (χ1) is 8.98. The second-order valence-corrected chi connectivity index (χ2v) is 5.82. The van der Waals surface area contributed by atoms with Crippen molar-refractivity contribution in [1.82, 2.24) is 4.31 Å². The van der Waals surface area contributed by atoms with E-state index in [1.165, 1.54) is 0 Å². The molecule has 0 spiro atoms. The zero-order valence-electron chi connectivity index (χ0n) is 10.1. The van der Waals surface area contributed by atoms with E-state index >= 15 is 0 Å².